The summed E-state index contributed by atoms with van der Waals surface area (Å²) in [7, 11) is -2.82. The first-order valence-corrected chi connectivity index (χ1v) is 13.6. The van der Waals surface area contributed by atoms with Crippen molar-refractivity contribution in [1.82, 2.24) is 10.2 Å². The molecule has 0 bridgehead atoms. The predicted octanol–water partition coefficient (Wildman–Crippen LogP) is 4.24. The highest BCUT2D eigenvalue weighted by Crippen LogP contribution is 2.26. The van der Waals surface area contributed by atoms with Crippen molar-refractivity contribution in [2.45, 2.75) is 31.3 Å². The molecule has 0 aliphatic carbocycles. The van der Waals surface area contributed by atoms with E-state index >= 15 is 0 Å². The molecule has 0 saturated heterocycles. The normalized spacial score (nSPS) is 11.9. The molecule has 3 aromatic carbocycles. The van der Waals surface area contributed by atoms with Crippen LogP contribution in [0.2, 0.25) is 5.02 Å². The molecule has 38 heavy (non-hydrogen) atoms. The molecule has 0 heterocycles. The molecule has 3 rings (SSSR count). The maximum atomic E-state index is 13.7. The zero-order valence-corrected chi connectivity index (χ0v) is 22.8. The Bertz CT molecular complexity index is 1350. The number of benzene rings is 3. The lowest BCUT2D eigenvalue weighted by atomic mass is 10.1. The number of halogens is 2. The minimum absolute atomic E-state index is 0.0327. The van der Waals surface area contributed by atoms with E-state index in [1.165, 1.54) is 48.3 Å². The van der Waals surface area contributed by atoms with Crippen LogP contribution in [0.5, 0.6) is 5.75 Å². The number of hydrogen-bond donors (Lipinski definition) is 1. The van der Waals surface area contributed by atoms with Crippen molar-refractivity contribution in [3.8, 4) is 5.75 Å². The third kappa shape index (κ3) is 7.02. The summed E-state index contributed by atoms with van der Waals surface area (Å²) in [5.74, 6) is -1.12. The second kappa shape index (κ2) is 12.7. The molecule has 0 saturated carbocycles. The number of carbonyl (C=O) groups excluding carboxylic acids is 2. The van der Waals surface area contributed by atoms with Gasteiger partial charge in [-0.2, -0.15) is 0 Å². The van der Waals surface area contributed by atoms with Gasteiger partial charge in [0.1, 0.15) is 24.2 Å². The fraction of sp³-hybridized carbons (Fsp3) is 0.259. The van der Waals surface area contributed by atoms with Crippen LogP contribution < -0.4 is 14.4 Å². The lowest BCUT2D eigenvalue weighted by molar-refractivity contribution is -0.139. The van der Waals surface area contributed by atoms with Crippen molar-refractivity contribution in [2.24, 2.45) is 0 Å². The third-order valence-corrected chi connectivity index (χ3v) is 7.84. The maximum absolute atomic E-state index is 13.7. The Hall–Kier alpha value is -3.63. The maximum Gasteiger partial charge on any atom is 0.264 e. The van der Waals surface area contributed by atoms with Gasteiger partial charge in [-0.25, -0.2) is 12.8 Å². The number of anilines is 1. The lowest BCUT2D eigenvalue weighted by Crippen LogP contribution is -2.50. The van der Waals surface area contributed by atoms with E-state index < -0.39 is 40.2 Å². The van der Waals surface area contributed by atoms with Gasteiger partial charge >= 0.3 is 0 Å². The SMILES string of the molecule is CCOc1ccc(S(=O)(=O)N(CC(=O)N(Cc2ccc(Cl)cc2)[C@H](C)C(=O)NC)c2ccc(F)cc2)cc1. The fourth-order valence-corrected chi connectivity index (χ4v) is 5.26. The Balaban J connectivity index is 2.00. The quantitative estimate of drug-likeness (QED) is 0.378. The van der Waals surface area contributed by atoms with Crippen LogP contribution >= 0.6 is 11.6 Å². The minimum Gasteiger partial charge on any atom is -0.494 e. The van der Waals surface area contributed by atoms with E-state index in [0.717, 1.165) is 16.4 Å². The zero-order valence-electron chi connectivity index (χ0n) is 21.2. The molecule has 1 N–H and O–H groups in total. The predicted molar refractivity (Wildman–Crippen MR) is 144 cm³/mol. The summed E-state index contributed by atoms with van der Waals surface area (Å²) in [5.41, 5.74) is 0.786. The molecule has 8 nitrogen and oxygen atoms in total. The molecule has 0 spiro atoms. The van der Waals surface area contributed by atoms with Crippen molar-refractivity contribution in [2.75, 3.05) is 24.5 Å². The molecule has 0 aromatic heterocycles. The first-order valence-electron chi connectivity index (χ1n) is 11.8. The van der Waals surface area contributed by atoms with Gasteiger partial charge < -0.3 is 15.0 Å². The van der Waals surface area contributed by atoms with Gasteiger partial charge in [-0.1, -0.05) is 23.7 Å². The molecule has 0 fully saturated rings. The Morgan fingerprint density at radius 3 is 2.16 bits per heavy atom. The van der Waals surface area contributed by atoms with E-state index in [1.54, 1.807) is 31.2 Å². The second-order valence-corrected chi connectivity index (χ2v) is 10.6. The topological polar surface area (TPSA) is 96.0 Å². The van der Waals surface area contributed by atoms with E-state index in [0.29, 0.717) is 22.9 Å². The average Bonchev–Trinajstić information content (AvgIpc) is 2.91. The molecular formula is C27H29ClFN3O5S. The summed E-state index contributed by atoms with van der Waals surface area (Å²) in [6.07, 6.45) is 0. The first kappa shape index (κ1) is 28.9. The van der Waals surface area contributed by atoms with Gasteiger partial charge in [-0.3, -0.25) is 13.9 Å². The van der Waals surface area contributed by atoms with E-state index in [1.807, 2.05) is 6.92 Å². The number of amides is 2. The van der Waals surface area contributed by atoms with Gasteiger partial charge in [0.2, 0.25) is 11.8 Å². The van der Waals surface area contributed by atoms with E-state index in [-0.39, 0.29) is 17.1 Å². The van der Waals surface area contributed by atoms with Crippen LogP contribution in [0.1, 0.15) is 19.4 Å². The number of hydrogen-bond acceptors (Lipinski definition) is 5. The van der Waals surface area contributed by atoms with E-state index in [4.69, 9.17) is 16.3 Å². The Morgan fingerprint density at radius 1 is 1.00 bits per heavy atom. The van der Waals surface area contributed by atoms with Gasteiger partial charge in [0.25, 0.3) is 10.0 Å². The second-order valence-electron chi connectivity index (χ2n) is 8.33. The molecule has 0 aliphatic rings. The summed E-state index contributed by atoms with van der Waals surface area (Å²) < 4.78 is 47.4. The number of nitrogens with zero attached hydrogens (tertiary/aromatic N) is 2. The summed E-state index contributed by atoms with van der Waals surface area (Å²) >= 11 is 5.98. The molecular weight excluding hydrogens is 533 g/mol. The summed E-state index contributed by atoms with van der Waals surface area (Å²) in [6.45, 7) is 3.17. The average molecular weight is 562 g/mol. The van der Waals surface area contributed by atoms with Crippen LogP contribution in [-0.2, 0) is 26.2 Å². The van der Waals surface area contributed by atoms with Gasteiger partial charge in [0, 0.05) is 18.6 Å². The summed E-state index contributed by atoms with van der Waals surface area (Å²) in [5, 5.41) is 3.03. The van der Waals surface area contributed by atoms with E-state index in [2.05, 4.69) is 5.32 Å². The van der Waals surface area contributed by atoms with Crippen molar-refractivity contribution >= 4 is 39.1 Å². The largest absolute Gasteiger partial charge is 0.494 e. The molecule has 1 atom stereocenters. The minimum atomic E-state index is -4.27. The number of nitrogens with one attached hydrogen (secondary N) is 1. The Labute approximate surface area is 227 Å². The van der Waals surface area contributed by atoms with Crippen LogP contribution in [0.25, 0.3) is 0 Å². The van der Waals surface area contributed by atoms with Gasteiger partial charge in [-0.15, -0.1) is 0 Å². The van der Waals surface area contributed by atoms with Crippen LogP contribution in [-0.4, -0.2) is 51.4 Å². The zero-order chi connectivity index (χ0) is 27.9. The standard InChI is InChI=1S/C27H29ClFN3O5S/c1-4-37-24-13-15-25(16-14-24)38(35,36)32(23-11-9-22(29)10-12-23)18-26(33)31(19(2)27(34)30-3)17-20-5-7-21(28)8-6-20/h5-16,19H,4,17-18H2,1-3H3,(H,30,34)/t19-/m1/s1. The Kier molecular flexibility index (Phi) is 9.71. The van der Waals surface area contributed by atoms with Crippen LogP contribution in [0.15, 0.2) is 77.7 Å². The van der Waals surface area contributed by atoms with Crippen molar-refractivity contribution in [3.63, 3.8) is 0 Å². The monoisotopic (exact) mass is 561 g/mol. The Morgan fingerprint density at radius 2 is 1.61 bits per heavy atom. The molecule has 0 aliphatic heterocycles. The van der Waals surface area contributed by atoms with Crippen LogP contribution in [0, 0.1) is 5.82 Å². The van der Waals surface area contributed by atoms with Crippen LogP contribution in [0.4, 0.5) is 10.1 Å². The van der Waals surface area contributed by atoms with Gasteiger partial charge in [0.05, 0.1) is 17.2 Å². The number of carbonyl (C=O) groups is 2. The smallest absolute Gasteiger partial charge is 0.264 e. The first-order chi connectivity index (χ1) is 18.1. The number of ether oxygens (including phenoxy) is 1. The van der Waals surface area contributed by atoms with Gasteiger partial charge in [-0.05, 0) is 80.1 Å². The molecule has 0 unspecified atom stereocenters. The van der Waals surface area contributed by atoms with Gasteiger partial charge in [0.15, 0.2) is 0 Å². The molecule has 0 radical (unpaired) electrons. The number of likely N-dealkylation sites (N-methyl/N-ethyl adjacent to an activating group) is 1. The van der Waals surface area contributed by atoms with E-state index in [9.17, 15) is 22.4 Å². The number of rotatable bonds is 11. The molecule has 202 valence electrons. The van der Waals surface area contributed by atoms with Crippen molar-refractivity contribution < 1.29 is 27.1 Å². The third-order valence-electron chi connectivity index (χ3n) is 5.80. The molecule has 3 aromatic rings. The highest BCUT2D eigenvalue weighted by molar-refractivity contribution is 7.92. The summed E-state index contributed by atoms with van der Waals surface area (Å²) in [6, 6.07) is 16.4. The fourth-order valence-electron chi connectivity index (χ4n) is 3.72. The number of sulfonamides is 1. The van der Waals surface area contributed by atoms with Crippen molar-refractivity contribution in [1.29, 1.82) is 0 Å². The molecule has 2 amide bonds. The highest BCUT2D eigenvalue weighted by atomic mass is 35.5. The lowest BCUT2D eigenvalue weighted by Gasteiger charge is -2.31. The highest BCUT2D eigenvalue weighted by Gasteiger charge is 2.32. The molecule has 11 heteroatoms. The summed E-state index contributed by atoms with van der Waals surface area (Å²) in [4.78, 5) is 27.4. The van der Waals surface area contributed by atoms with Crippen LogP contribution in [0.3, 0.4) is 0 Å². The van der Waals surface area contributed by atoms with Crippen molar-refractivity contribution in [3.05, 3.63) is 89.2 Å².